The van der Waals surface area contributed by atoms with E-state index in [0.29, 0.717) is 6.10 Å². The highest BCUT2D eigenvalue weighted by atomic mass is 16.5. The van der Waals surface area contributed by atoms with Crippen LogP contribution in [-0.2, 0) is 11.3 Å². The Morgan fingerprint density at radius 2 is 2.10 bits per heavy atom. The van der Waals surface area contributed by atoms with Gasteiger partial charge in [0.05, 0.1) is 12.7 Å². The van der Waals surface area contributed by atoms with Crippen molar-refractivity contribution in [2.75, 3.05) is 39.8 Å². The van der Waals surface area contributed by atoms with Gasteiger partial charge in [-0.05, 0) is 43.5 Å². The van der Waals surface area contributed by atoms with Crippen LogP contribution in [0.1, 0.15) is 18.4 Å². The maximum Gasteiger partial charge on any atom is 0.0829 e. The predicted octanol–water partition coefficient (Wildman–Crippen LogP) is 1.62. The summed E-state index contributed by atoms with van der Waals surface area (Å²) in [7, 11) is 2.18. The topological polar surface area (TPSA) is 28.6 Å². The van der Waals surface area contributed by atoms with Gasteiger partial charge in [0, 0.05) is 45.1 Å². The van der Waals surface area contributed by atoms with Crippen LogP contribution >= 0.6 is 0 Å². The van der Waals surface area contributed by atoms with Gasteiger partial charge < -0.3 is 9.64 Å². The molecule has 0 unspecified atom stereocenters. The fourth-order valence-electron chi connectivity index (χ4n) is 2.88. The second-order valence-corrected chi connectivity index (χ2v) is 6.25. The molecule has 1 aliphatic carbocycles. The van der Waals surface area contributed by atoms with Crippen molar-refractivity contribution in [3.63, 3.8) is 0 Å². The molecule has 0 spiro atoms. The Balaban J connectivity index is 1.57. The number of ether oxygens (including phenoxy) is 1. The summed E-state index contributed by atoms with van der Waals surface area (Å²) < 4.78 is 5.92. The Hall–Kier alpha value is -0.970. The maximum absolute atomic E-state index is 5.92. The number of pyridine rings is 1. The van der Waals surface area contributed by atoms with E-state index in [1.54, 1.807) is 0 Å². The van der Waals surface area contributed by atoms with Gasteiger partial charge in [0.1, 0.15) is 0 Å². The van der Waals surface area contributed by atoms with Crippen LogP contribution in [0.15, 0.2) is 24.5 Å². The highest BCUT2D eigenvalue weighted by molar-refractivity contribution is 5.09. The zero-order valence-electron chi connectivity index (χ0n) is 12.4. The summed E-state index contributed by atoms with van der Waals surface area (Å²) in [5, 5.41) is 0. The van der Waals surface area contributed by atoms with Crippen molar-refractivity contribution < 1.29 is 4.74 Å². The van der Waals surface area contributed by atoms with Crippen molar-refractivity contribution in [1.82, 2.24) is 14.8 Å². The first kappa shape index (κ1) is 14.0. The highest BCUT2D eigenvalue weighted by Crippen LogP contribution is 2.30. The van der Waals surface area contributed by atoms with Gasteiger partial charge in [-0.25, -0.2) is 0 Å². The second-order valence-electron chi connectivity index (χ2n) is 6.25. The van der Waals surface area contributed by atoms with E-state index in [2.05, 4.69) is 34.0 Å². The molecule has 2 fully saturated rings. The van der Waals surface area contributed by atoms with E-state index in [-0.39, 0.29) is 0 Å². The number of nitrogens with zero attached hydrogens (tertiary/aromatic N) is 3. The van der Waals surface area contributed by atoms with Crippen LogP contribution in [0, 0.1) is 5.92 Å². The minimum absolute atomic E-state index is 0.356. The van der Waals surface area contributed by atoms with Crippen LogP contribution in [0.25, 0.3) is 0 Å². The molecule has 2 heterocycles. The third kappa shape index (κ3) is 4.27. The Morgan fingerprint density at radius 3 is 2.80 bits per heavy atom. The summed E-state index contributed by atoms with van der Waals surface area (Å²) in [6, 6.07) is 4.24. The summed E-state index contributed by atoms with van der Waals surface area (Å²) in [6.45, 7) is 6.26. The molecule has 3 rings (SSSR count). The first-order valence-corrected chi connectivity index (χ1v) is 7.71. The molecule has 1 atom stereocenters. The lowest BCUT2D eigenvalue weighted by Crippen LogP contribution is -2.46. The Labute approximate surface area is 121 Å². The van der Waals surface area contributed by atoms with Gasteiger partial charge in [-0.15, -0.1) is 0 Å². The Morgan fingerprint density at radius 1 is 1.30 bits per heavy atom. The van der Waals surface area contributed by atoms with Crippen molar-refractivity contribution in [3.8, 4) is 0 Å². The largest absolute Gasteiger partial charge is 0.374 e. The van der Waals surface area contributed by atoms with Crippen LogP contribution in [0.2, 0.25) is 0 Å². The Bertz CT molecular complexity index is 407. The van der Waals surface area contributed by atoms with E-state index in [0.717, 1.165) is 38.7 Å². The molecule has 0 radical (unpaired) electrons. The normalized spacial score (nSPS) is 24.2. The van der Waals surface area contributed by atoms with Crippen LogP contribution in [0.5, 0.6) is 0 Å². The molecule has 0 amide bonds. The molecule has 4 heteroatoms. The van der Waals surface area contributed by atoms with Gasteiger partial charge in [0.25, 0.3) is 0 Å². The predicted molar refractivity (Wildman–Crippen MR) is 79.5 cm³/mol. The minimum atomic E-state index is 0.356. The second kappa shape index (κ2) is 6.66. The number of morpholine rings is 1. The zero-order valence-corrected chi connectivity index (χ0v) is 12.4. The van der Waals surface area contributed by atoms with Crippen LogP contribution < -0.4 is 0 Å². The highest BCUT2D eigenvalue weighted by Gasteiger charge is 2.27. The summed E-state index contributed by atoms with van der Waals surface area (Å²) in [6.07, 6.45) is 6.93. The molecule has 2 aliphatic rings. The van der Waals surface area contributed by atoms with E-state index < -0.39 is 0 Å². The molecule has 1 aromatic heterocycles. The number of rotatable bonds is 6. The smallest absolute Gasteiger partial charge is 0.0829 e. The standard InChI is InChI=1S/C16H25N3O/c1-18-8-9-20-16(12-18)13-19(10-14-2-3-14)11-15-4-6-17-7-5-15/h4-7,14,16H,2-3,8-13H2,1H3/t16-/m1/s1. The summed E-state index contributed by atoms with van der Waals surface area (Å²) in [4.78, 5) is 9.04. The quantitative estimate of drug-likeness (QED) is 0.789. The van der Waals surface area contributed by atoms with Gasteiger partial charge in [-0.3, -0.25) is 9.88 Å². The average Bonchev–Trinajstić information content (AvgIpc) is 3.24. The molecule has 0 N–H and O–H groups in total. The molecule has 1 saturated heterocycles. The molecule has 1 aromatic rings. The van der Waals surface area contributed by atoms with Crippen molar-refractivity contribution in [3.05, 3.63) is 30.1 Å². The van der Waals surface area contributed by atoms with E-state index >= 15 is 0 Å². The first-order chi connectivity index (χ1) is 9.79. The lowest BCUT2D eigenvalue weighted by atomic mass is 10.2. The number of aromatic nitrogens is 1. The fraction of sp³-hybridized carbons (Fsp3) is 0.688. The molecule has 20 heavy (non-hydrogen) atoms. The van der Waals surface area contributed by atoms with Crippen molar-refractivity contribution >= 4 is 0 Å². The lowest BCUT2D eigenvalue weighted by Gasteiger charge is -2.34. The van der Waals surface area contributed by atoms with Gasteiger partial charge >= 0.3 is 0 Å². The van der Waals surface area contributed by atoms with Gasteiger partial charge in [-0.1, -0.05) is 0 Å². The summed E-state index contributed by atoms with van der Waals surface area (Å²) in [5.41, 5.74) is 1.35. The maximum atomic E-state index is 5.92. The van der Waals surface area contributed by atoms with Gasteiger partial charge in [0.15, 0.2) is 0 Å². The molecule has 1 aliphatic heterocycles. The molecule has 4 nitrogen and oxygen atoms in total. The third-order valence-electron chi connectivity index (χ3n) is 4.17. The lowest BCUT2D eigenvalue weighted by molar-refractivity contribution is -0.0372. The van der Waals surface area contributed by atoms with E-state index in [1.807, 2.05) is 12.4 Å². The molecule has 110 valence electrons. The van der Waals surface area contributed by atoms with E-state index in [1.165, 1.54) is 24.9 Å². The van der Waals surface area contributed by atoms with Crippen molar-refractivity contribution in [2.45, 2.75) is 25.5 Å². The van der Waals surface area contributed by atoms with Crippen LogP contribution in [0.3, 0.4) is 0 Å². The van der Waals surface area contributed by atoms with E-state index in [9.17, 15) is 0 Å². The molecule has 1 saturated carbocycles. The number of likely N-dealkylation sites (N-methyl/N-ethyl adjacent to an activating group) is 1. The summed E-state index contributed by atoms with van der Waals surface area (Å²) in [5.74, 6) is 0.915. The summed E-state index contributed by atoms with van der Waals surface area (Å²) >= 11 is 0. The number of hydrogen-bond acceptors (Lipinski definition) is 4. The fourth-order valence-corrected chi connectivity index (χ4v) is 2.88. The minimum Gasteiger partial charge on any atom is -0.374 e. The molecular formula is C16H25N3O. The van der Waals surface area contributed by atoms with Crippen LogP contribution in [-0.4, -0.2) is 60.7 Å². The van der Waals surface area contributed by atoms with Crippen molar-refractivity contribution in [2.24, 2.45) is 5.92 Å². The van der Waals surface area contributed by atoms with Crippen LogP contribution in [0.4, 0.5) is 0 Å². The third-order valence-corrected chi connectivity index (χ3v) is 4.17. The molecular weight excluding hydrogens is 250 g/mol. The van der Waals surface area contributed by atoms with Gasteiger partial charge in [0.2, 0.25) is 0 Å². The number of hydrogen-bond donors (Lipinski definition) is 0. The average molecular weight is 275 g/mol. The Kier molecular flexibility index (Phi) is 4.65. The van der Waals surface area contributed by atoms with Gasteiger partial charge in [-0.2, -0.15) is 0 Å². The van der Waals surface area contributed by atoms with Crippen molar-refractivity contribution in [1.29, 1.82) is 0 Å². The first-order valence-electron chi connectivity index (χ1n) is 7.71. The van der Waals surface area contributed by atoms with E-state index in [4.69, 9.17) is 4.74 Å². The SMILES string of the molecule is CN1CCO[C@@H](CN(Cc2ccncc2)CC2CC2)C1. The molecule has 0 bridgehead atoms. The molecule has 0 aromatic carbocycles. The monoisotopic (exact) mass is 275 g/mol. The zero-order chi connectivity index (χ0) is 13.8.